The number of nitrogens with zero attached hydrogens (tertiary/aromatic N) is 1. The molecule has 3 aliphatic carbocycles. The van der Waals surface area contributed by atoms with E-state index in [1.165, 1.54) is 20.1 Å². The van der Waals surface area contributed by atoms with Crippen molar-refractivity contribution in [1.82, 2.24) is 0 Å². The van der Waals surface area contributed by atoms with Crippen molar-refractivity contribution >= 4 is 34.7 Å². The Bertz CT molecular complexity index is 1940. The Hall–Kier alpha value is -4.55. The van der Waals surface area contributed by atoms with Gasteiger partial charge in [0.25, 0.3) is 0 Å². The number of fused-ring (bicyclic) bond motifs is 5. The molecule has 1 saturated heterocycles. The summed E-state index contributed by atoms with van der Waals surface area (Å²) in [5.41, 5.74) is -3.36. The first-order valence-corrected chi connectivity index (χ1v) is 15.5. The number of carbonyl (C=O) groups is 4. The highest BCUT2D eigenvalue weighted by molar-refractivity contribution is 6.53. The van der Waals surface area contributed by atoms with Crippen molar-refractivity contribution in [2.45, 2.75) is 62.1 Å². The van der Waals surface area contributed by atoms with Gasteiger partial charge in [-0.1, -0.05) is 6.07 Å². The molecule has 0 bridgehead atoms. The summed E-state index contributed by atoms with van der Waals surface area (Å²) >= 11 is 0. The molecule has 4 aliphatic rings. The predicted molar refractivity (Wildman–Crippen MR) is 170 cm³/mol. The van der Waals surface area contributed by atoms with Crippen molar-refractivity contribution in [3.63, 3.8) is 0 Å². The number of benzene rings is 2. The lowest BCUT2D eigenvalue weighted by Crippen LogP contribution is -2.73. The maximum absolute atomic E-state index is 14.6. The van der Waals surface area contributed by atoms with Crippen molar-refractivity contribution in [3.8, 4) is 11.5 Å². The number of carbonyl (C=O) groups excluding carboxylic acids is 4. The molecule has 0 radical (unpaired) electrons. The number of aryl methyl sites for hydroxylation is 1. The third-order valence-electron chi connectivity index (χ3n) is 10.3. The van der Waals surface area contributed by atoms with Crippen LogP contribution in [0.1, 0.15) is 70.6 Å². The number of ketones is 3. The number of Topliss-reactive ketones (excluding diaryl/α,β-unsaturated/α-hetero) is 3. The summed E-state index contributed by atoms with van der Waals surface area (Å²) in [4.78, 5) is 60.0. The third-order valence-corrected chi connectivity index (χ3v) is 10.3. The van der Waals surface area contributed by atoms with Crippen LogP contribution in [0.25, 0.3) is 5.70 Å². The number of methoxy groups -OCH3 is 3. The molecule has 0 saturated carbocycles. The predicted octanol–water partition coefficient (Wildman–Crippen LogP) is -0.572. The van der Waals surface area contributed by atoms with Crippen LogP contribution in [-0.4, -0.2) is 124 Å². The fraction of sp³-hybridized carbons (Fsp3) is 0.441. The van der Waals surface area contributed by atoms with Crippen LogP contribution in [0, 0.1) is 12.8 Å². The van der Waals surface area contributed by atoms with Crippen molar-refractivity contribution in [1.29, 1.82) is 0 Å². The van der Waals surface area contributed by atoms with E-state index >= 15 is 0 Å². The summed E-state index contributed by atoms with van der Waals surface area (Å²) < 4.78 is 21.4. The first kappa shape index (κ1) is 35.3. The molecule has 2 aromatic carbocycles. The normalized spacial score (nSPS) is 32.5. The summed E-state index contributed by atoms with van der Waals surface area (Å²) in [7, 11) is 3.35. The molecule has 6 rings (SSSR count). The van der Waals surface area contributed by atoms with Gasteiger partial charge >= 0.3 is 5.97 Å². The Morgan fingerprint density at radius 2 is 1.74 bits per heavy atom. The monoisotopic (exact) mass is 696 g/mol. The van der Waals surface area contributed by atoms with E-state index in [-0.39, 0.29) is 28.1 Å². The highest BCUT2D eigenvalue weighted by Gasteiger charge is 2.72. The first-order chi connectivity index (χ1) is 23.6. The highest BCUT2D eigenvalue weighted by Crippen LogP contribution is 2.56. The fourth-order valence-corrected chi connectivity index (χ4v) is 7.88. The largest absolute Gasteiger partial charge is 0.507 e. The zero-order valence-electron chi connectivity index (χ0n) is 27.6. The maximum Gasteiger partial charge on any atom is 0.341 e. The summed E-state index contributed by atoms with van der Waals surface area (Å²) in [6, 6.07) is 2.27. The number of hydrogen-bond acceptors (Lipinski definition) is 16. The zero-order valence-corrected chi connectivity index (χ0v) is 27.6. The SMILES string of the molecule is COC(=O)c1c(C)cc2c(c1O)[C@]1(O)C(=O)c3cc4c(c(O)c3C(=O)[C@]1(OC)[C@H](O)C2)C(N)=CC(=N[C@H]1O[C@@H](C)[C@H](OC)[C@@H](O)[C@H]1CO)C4=O. The number of esters is 1. The zero-order chi connectivity index (χ0) is 36.8. The second-order valence-electron chi connectivity index (χ2n) is 12.8. The smallest absolute Gasteiger partial charge is 0.341 e. The molecule has 1 fully saturated rings. The lowest BCUT2D eigenvalue weighted by Gasteiger charge is -2.53. The van der Waals surface area contributed by atoms with Gasteiger partial charge in [0.2, 0.25) is 17.3 Å². The molecule has 0 spiro atoms. The summed E-state index contributed by atoms with van der Waals surface area (Å²) in [6.07, 6.45) is -5.27. The number of aliphatic hydroxyl groups is 4. The van der Waals surface area contributed by atoms with Gasteiger partial charge in [0.15, 0.2) is 17.4 Å². The van der Waals surface area contributed by atoms with Gasteiger partial charge in [-0.25, -0.2) is 9.79 Å². The van der Waals surface area contributed by atoms with E-state index in [1.54, 1.807) is 6.92 Å². The second kappa shape index (κ2) is 12.1. The topological polar surface area (TPSA) is 265 Å². The number of aromatic hydroxyl groups is 2. The first-order valence-electron chi connectivity index (χ1n) is 15.5. The van der Waals surface area contributed by atoms with E-state index in [4.69, 9.17) is 24.7 Å². The van der Waals surface area contributed by atoms with Crippen molar-refractivity contribution in [2.75, 3.05) is 27.9 Å². The summed E-state index contributed by atoms with van der Waals surface area (Å²) in [5.74, 6) is -7.41. The Kier molecular flexibility index (Phi) is 8.50. The molecule has 0 unspecified atom stereocenters. The summed E-state index contributed by atoms with van der Waals surface area (Å²) in [5, 5.41) is 67.7. The number of allylic oxidation sites excluding steroid dienone is 1. The second-order valence-corrected chi connectivity index (χ2v) is 12.8. The summed E-state index contributed by atoms with van der Waals surface area (Å²) in [6.45, 7) is 2.46. The van der Waals surface area contributed by atoms with Gasteiger partial charge in [-0.3, -0.25) is 14.4 Å². The minimum atomic E-state index is -3.20. The molecular weight excluding hydrogens is 660 g/mol. The van der Waals surface area contributed by atoms with Gasteiger partial charge in [0, 0.05) is 43.0 Å². The molecule has 8 N–H and O–H groups in total. The Labute approximate surface area is 284 Å². The van der Waals surface area contributed by atoms with E-state index in [0.717, 1.165) is 26.4 Å². The molecule has 0 amide bonds. The van der Waals surface area contributed by atoms with Crippen LogP contribution in [-0.2, 0) is 31.0 Å². The number of phenolic OH excluding ortho intramolecular Hbond substituents is 2. The molecular formula is C34H36N2O14. The van der Waals surface area contributed by atoms with Crippen LogP contribution in [0.5, 0.6) is 11.5 Å². The number of aliphatic imine (C=N–C) groups is 1. The Morgan fingerprint density at radius 3 is 2.34 bits per heavy atom. The maximum atomic E-state index is 14.6. The van der Waals surface area contributed by atoms with Crippen molar-refractivity contribution in [2.24, 2.45) is 16.6 Å². The minimum absolute atomic E-state index is 0.0119. The highest BCUT2D eigenvalue weighted by atomic mass is 16.6. The number of hydrogen-bond donors (Lipinski definition) is 7. The number of rotatable bonds is 5. The number of phenols is 2. The molecule has 2 aromatic rings. The van der Waals surface area contributed by atoms with E-state index in [0.29, 0.717) is 0 Å². The minimum Gasteiger partial charge on any atom is -0.507 e. The number of ether oxygens (including phenoxy) is 4. The Balaban J connectivity index is 1.56. The van der Waals surface area contributed by atoms with E-state index < -0.39 is 123 Å². The standard InChI is InChI=1S/C34H36N2O14/c1-11-6-13-7-19(38)34(49-5)30(44)22-15(29(43)33(34,46)23(13)27(42)20(11)32(45)48-4)8-14-21(26(22)41)17(35)9-18(24(14)39)36-31-16(10-37)25(40)28(47-3)12(2)50-31/h6,8-9,12,16,19,25,28,31,37-38,40-42,46H,7,10,35H2,1-5H3/t12-,16+,19+,25-,28-,31-,33-,34+/m0/s1. The van der Waals surface area contributed by atoms with Crippen molar-refractivity contribution < 1.29 is 68.8 Å². The van der Waals surface area contributed by atoms with E-state index in [1.807, 2.05) is 0 Å². The van der Waals surface area contributed by atoms with Gasteiger partial charge in [-0.15, -0.1) is 0 Å². The molecule has 1 aliphatic heterocycles. The van der Waals surface area contributed by atoms with Crippen LogP contribution in [0.15, 0.2) is 23.2 Å². The lowest BCUT2D eigenvalue weighted by atomic mass is 9.56. The van der Waals surface area contributed by atoms with Gasteiger partial charge in [0.1, 0.15) is 28.9 Å². The van der Waals surface area contributed by atoms with E-state index in [9.17, 15) is 49.8 Å². The number of aliphatic hydroxyl groups excluding tert-OH is 3. The van der Waals surface area contributed by atoms with E-state index in [2.05, 4.69) is 4.99 Å². The van der Waals surface area contributed by atoms with Gasteiger partial charge in [-0.2, -0.15) is 0 Å². The molecule has 8 atom stereocenters. The van der Waals surface area contributed by atoms with Crippen LogP contribution in [0.3, 0.4) is 0 Å². The quantitative estimate of drug-likeness (QED) is 0.193. The molecule has 16 nitrogen and oxygen atoms in total. The molecule has 0 aromatic heterocycles. The van der Waals surface area contributed by atoms with Crippen LogP contribution >= 0.6 is 0 Å². The van der Waals surface area contributed by atoms with Gasteiger partial charge in [0.05, 0.1) is 49.1 Å². The van der Waals surface area contributed by atoms with Gasteiger partial charge in [-0.05, 0) is 37.1 Å². The average Bonchev–Trinajstić information content (AvgIpc) is 3.05. The molecule has 266 valence electrons. The van der Waals surface area contributed by atoms with Gasteiger partial charge < -0.3 is 55.3 Å². The molecule has 16 heteroatoms. The number of nitrogens with two attached hydrogens (primary N) is 1. The van der Waals surface area contributed by atoms with Crippen LogP contribution < -0.4 is 5.73 Å². The van der Waals surface area contributed by atoms with Crippen LogP contribution in [0.2, 0.25) is 0 Å². The third kappa shape index (κ3) is 4.40. The average molecular weight is 697 g/mol. The lowest BCUT2D eigenvalue weighted by molar-refractivity contribution is -0.206. The molecule has 50 heavy (non-hydrogen) atoms. The Morgan fingerprint density at radius 1 is 1.06 bits per heavy atom. The van der Waals surface area contributed by atoms with Crippen LogP contribution in [0.4, 0.5) is 0 Å². The molecule has 1 heterocycles. The van der Waals surface area contributed by atoms with Crippen molar-refractivity contribution in [3.05, 3.63) is 62.7 Å². The fourth-order valence-electron chi connectivity index (χ4n) is 7.88.